The molecule has 0 bridgehead atoms. The summed E-state index contributed by atoms with van der Waals surface area (Å²) in [7, 11) is 0. The molecule has 4 amide bonds. The van der Waals surface area contributed by atoms with Gasteiger partial charge >= 0.3 is 6.03 Å². The first kappa shape index (κ1) is 18.6. The van der Waals surface area contributed by atoms with Gasteiger partial charge in [-0.25, -0.2) is 9.18 Å². The Labute approximate surface area is 156 Å². The van der Waals surface area contributed by atoms with Gasteiger partial charge in [0.25, 0.3) is 11.8 Å². The van der Waals surface area contributed by atoms with E-state index in [2.05, 4.69) is 10.6 Å². The van der Waals surface area contributed by atoms with Gasteiger partial charge in [-0.1, -0.05) is 30.3 Å². The second-order valence-electron chi connectivity index (χ2n) is 6.96. The molecule has 3 rings (SSSR count). The smallest absolute Gasteiger partial charge is 0.325 e. The molecule has 2 N–H and O–H groups in total. The van der Waals surface area contributed by atoms with Gasteiger partial charge in [-0.3, -0.25) is 14.5 Å². The van der Waals surface area contributed by atoms with Crippen molar-refractivity contribution in [1.29, 1.82) is 0 Å². The normalized spacial score (nSPS) is 15.6. The first-order valence-electron chi connectivity index (χ1n) is 8.52. The number of imide groups is 1. The fraction of sp³-hybridized carbons (Fsp3) is 0.250. The van der Waals surface area contributed by atoms with Crippen LogP contribution in [0.25, 0.3) is 0 Å². The number of nitrogens with one attached hydrogen (secondary N) is 2. The molecular weight excluding hydrogens is 349 g/mol. The Morgan fingerprint density at radius 2 is 1.78 bits per heavy atom. The van der Waals surface area contributed by atoms with Gasteiger partial charge in [0, 0.05) is 12.1 Å². The van der Waals surface area contributed by atoms with Crippen molar-refractivity contribution in [2.45, 2.75) is 32.5 Å². The minimum Gasteiger partial charge on any atom is -0.348 e. The van der Waals surface area contributed by atoms with Crippen LogP contribution in [-0.4, -0.2) is 28.3 Å². The zero-order valence-corrected chi connectivity index (χ0v) is 15.1. The van der Waals surface area contributed by atoms with E-state index in [-0.39, 0.29) is 30.5 Å². The van der Waals surface area contributed by atoms with Crippen molar-refractivity contribution in [3.63, 3.8) is 0 Å². The third-order valence-corrected chi connectivity index (χ3v) is 4.35. The summed E-state index contributed by atoms with van der Waals surface area (Å²) in [6.45, 7) is 3.80. The number of amides is 4. The molecular formula is C20H20FN3O3. The van der Waals surface area contributed by atoms with Crippen molar-refractivity contribution < 1.29 is 18.8 Å². The Kier molecular flexibility index (Phi) is 4.94. The van der Waals surface area contributed by atoms with E-state index in [9.17, 15) is 18.8 Å². The molecule has 1 aliphatic rings. The Bertz CT molecular complexity index is 894. The monoisotopic (exact) mass is 369 g/mol. The van der Waals surface area contributed by atoms with Crippen molar-refractivity contribution >= 4 is 17.8 Å². The maximum absolute atomic E-state index is 13.2. The van der Waals surface area contributed by atoms with E-state index in [0.717, 1.165) is 11.1 Å². The number of halogens is 1. The van der Waals surface area contributed by atoms with Crippen LogP contribution in [0.2, 0.25) is 0 Å². The molecule has 1 aliphatic heterocycles. The lowest BCUT2D eigenvalue weighted by Gasteiger charge is -2.16. The highest BCUT2D eigenvalue weighted by atomic mass is 19.1. The molecule has 0 aromatic heterocycles. The Morgan fingerprint density at radius 1 is 1.11 bits per heavy atom. The molecule has 1 heterocycles. The predicted molar refractivity (Wildman–Crippen MR) is 97.2 cm³/mol. The van der Waals surface area contributed by atoms with Gasteiger partial charge in [-0.05, 0) is 43.2 Å². The van der Waals surface area contributed by atoms with Crippen molar-refractivity contribution in [3.05, 3.63) is 71.0 Å². The number of rotatable bonds is 5. The van der Waals surface area contributed by atoms with Crippen molar-refractivity contribution in [2.75, 3.05) is 0 Å². The van der Waals surface area contributed by atoms with E-state index in [4.69, 9.17) is 0 Å². The number of hydrogen-bond donors (Lipinski definition) is 2. The molecule has 0 radical (unpaired) electrons. The Morgan fingerprint density at radius 3 is 2.37 bits per heavy atom. The number of hydrogen-bond acceptors (Lipinski definition) is 3. The Balaban J connectivity index is 1.58. The largest absolute Gasteiger partial charge is 0.348 e. The van der Waals surface area contributed by atoms with Crippen molar-refractivity contribution in [1.82, 2.24) is 15.5 Å². The Hall–Kier alpha value is -3.22. The maximum atomic E-state index is 13.2. The minimum atomic E-state index is -0.891. The first-order chi connectivity index (χ1) is 12.8. The average molecular weight is 369 g/mol. The van der Waals surface area contributed by atoms with Crippen LogP contribution < -0.4 is 10.6 Å². The molecule has 1 saturated heterocycles. The molecule has 6 nitrogen and oxygen atoms in total. The summed E-state index contributed by atoms with van der Waals surface area (Å²) in [6.07, 6.45) is 0. The summed E-state index contributed by atoms with van der Waals surface area (Å²) in [4.78, 5) is 37.4. The van der Waals surface area contributed by atoms with Crippen LogP contribution in [-0.2, 0) is 17.9 Å². The average Bonchev–Trinajstić information content (AvgIpc) is 2.82. The number of nitrogens with zero attached hydrogens (tertiary/aromatic N) is 1. The SMILES string of the molecule is CC1(C)NC(=O)N(Cc2ccc(CNC(=O)c3cccc(F)c3)cc2)C1=O. The van der Waals surface area contributed by atoms with Crippen LogP contribution in [0.4, 0.5) is 9.18 Å². The van der Waals surface area contributed by atoms with Crippen LogP contribution in [0.1, 0.15) is 35.3 Å². The number of benzene rings is 2. The summed E-state index contributed by atoms with van der Waals surface area (Å²) in [5.41, 5.74) is 1.02. The molecule has 7 heteroatoms. The lowest BCUT2D eigenvalue weighted by molar-refractivity contribution is -0.130. The fourth-order valence-electron chi connectivity index (χ4n) is 2.82. The predicted octanol–water partition coefficient (Wildman–Crippen LogP) is 2.59. The molecule has 140 valence electrons. The van der Waals surface area contributed by atoms with E-state index >= 15 is 0 Å². The lowest BCUT2D eigenvalue weighted by Crippen LogP contribution is -2.40. The van der Waals surface area contributed by atoms with Crippen LogP contribution in [0.15, 0.2) is 48.5 Å². The summed E-state index contributed by atoms with van der Waals surface area (Å²) >= 11 is 0. The van der Waals surface area contributed by atoms with Gasteiger partial charge in [0.1, 0.15) is 11.4 Å². The highest BCUT2D eigenvalue weighted by molar-refractivity contribution is 6.06. The number of carbonyl (C=O) groups is 3. The van der Waals surface area contributed by atoms with Gasteiger partial charge in [0.05, 0.1) is 6.54 Å². The molecule has 0 aliphatic carbocycles. The molecule has 27 heavy (non-hydrogen) atoms. The van der Waals surface area contributed by atoms with E-state index in [0.29, 0.717) is 0 Å². The molecule has 0 spiro atoms. The molecule has 0 unspecified atom stereocenters. The zero-order valence-electron chi connectivity index (χ0n) is 15.1. The topological polar surface area (TPSA) is 78.5 Å². The van der Waals surface area contributed by atoms with Crippen molar-refractivity contribution in [3.8, 4) is 0 Å². The van der Waals surface area contributed by atoms with Gasteiger partial charge < -0.3 is 10.6 Å². The van der Waals surface area contributed by atoms with E-state index in [1.54, 1.807) is 32.0 Å². The van der Waals surface area contributed by atoms with Crippen LogP contribution in [0, 0.1) is 5.82 Å². The summed E-state index contributed by atoms with van der Waals surface area (Å²) < 4.78 is 13.2. The third-order valence-electron chi connectivity index (χ3n) is 4.35. The third kappa shape index (κ3) is 4.13. The summed E-state index contributed by atoms with van der Waals surface area (Å²) in [5.74, 6) is -1.09. The fourth-order valence-corrected chi connectivity index (χ4v) is 2.82. The molecule has 0 saturated carbocycles. The zero-order chi connectivity index (χ0) is 19.6. The van der Waals surface area contributed by atoms with Gasteiger partial charge in [0.2, 0.25) is 0 Å². The molecule has 1 fully saturated rings. The van der Waals surface area contributed by atoms with Gasteiger partial charge in [-0.15, -0.1) is 0 Å². The highest BCUT2D eigenvalue weighted by Gasteiger charge is 2.43. The van der Waals surface area contributed by atoms with E-state index < -0.39 is 17.4 Å². The van der Waals surface area contributed by atoms with Gasteiger partial charge in [-0.2, -0.15) is 0 Å². The van der Waals surface area contributed by atoms with E-state index in [1.807, 2.05) is 12.1 Å². The van der Waals surface area contributed by atoms with Crippen LogP contribution in [0.3, 0.4) is 0 Å². The van der Waals surface area contributed by atoms with Crippen LogP contribution >= 0.6 is 0 Å². The van der Waals surface area contributed by atoms with Crippen molar-refractivity contribution in [2.24, 2.45) is 0 Å². The van der Waals surface area contributed by atoms with Crippen LogP contribution in [0.5, 0.6) is 0 Å². The summed E-state index contributed by atoms with van der Waals surface area (Å²) in [6, 6.07) is 12.3. The maximum Gasteiger partial charge on any atom is 0.325 e. The molecule has 0 atom stereocenters. The van der Waals surface area contributed by atoms with Gasteiger partial charge in [0.15, 0.2) is 0 Å². The standard InChI is InChI=1S/C20H20FN3O3/c1-20(2)18(26)24(19(27)23-20)12-14-8-6-13(7-9-14)11-22-17(25)15-4-3-5-16(21)10-15/h3-10H,11-12H2,1-2H3,(H,22,25)(H,23,27). The number of urea groups is 1. The quantitative estimate of drug-likeness (QED) is 0.795. The second-order valence-corrected chi connectivity index (χ2v) is 6.96. The minimum absolute atomic E-state index is 0.185. The molecule has 2 aromatic carbocycles. The van der Waals surface area contributed by atoms with E-state index in [1.165, 1.54) is 23.1 Å². The molecule has 2 aromatic rings. The first-order valence-corrected chi connectivity index (χ1v) is 8.52. The number of carbonyl (C=O) groups excluding carboxylic acids is 3. The lowest BCUT2D eigenvalue weighted by atomic mass is 10.1. The summed E-state index contributed by atoms with van der Waals surface area (Å²) in [5, 5.41) is 5.37. The highest BCUT2D eigenvalue weighted by Crippen LogP contribution is 2.19. The second kappa shape index (κ2) is 7.19.